The fraction of sp³-hybridized carbons (Fsp3) is 0.474. The van der Waals surface area contributed by atoms with Crippen LogP contribution in [-0.2, 0) is 6.42 Å². The van der Waals surface area contributed by atoms with Crippen molar-refractivity contribution in [3.8, 4) is 0 Å². The number of aryl methyl sites for hydroxylation is 1. The van der Waals surface area contributed by atoms with Crippen LogP contribution in [0.3, 0.4) is 0 Å². The molecule has 0 aromatic heterocycles. The largest absolute Gasteiger partial charge is 0.383 e. The Hall–Kier alpha value is -0.770. The minimum atomic E-state index is 0.418. The third kappa shape index (κ3) is 3.11. The number of piperidine rings is 1. The number of dihydropyridines is 1. The molecule has 23 heavy (non-hydrogen) atoms. The van der Waals surface area contributed by atoms with E-state index in [2.05, 4.69) is 57.0 Å². The van der Waals surface area contributed by atoms with Crippen molar-refractivity contribution in [2.45, 2.75) is 37.6 Å². The molecular formula is C19H22BrClN2. The fourth-order valence-corrected chi connectivity index (χ4v) is 5.07. The Morgan fingerprint density at radius 2 is 1.96 bits per heavy atom. The summed E-state index contributed by atoms with van der Waals surface area (Å²) in [5, 5.41) is 8.05. The van der Waals surface area contributed by atoms with Crippen molar-refractivity contribution in [1.82, 2.24) is 10.6 Å². The number of allylic oxidation sites excluding steroid dienone is 2. The molecule has 2 unspecified atom stereocenters. The van der Waals surface area contributed by atoms with Crippen LogP contribution in [0.4, 0.5) is 0 Å². The first-order valence-electron chi connectivity index (χ1n) is 8.53. The van der Waals surface area contributed by atoms with Gasteiger partial charge < -0.3 is 10.6 Å². The van der Waals surface area contributed by atoms with Crippen LogP contribution in [0.5, 0.6) is 0 Å². The molecule has 4 heteroatoms. The molecule has 0 spiro atoms. The molecule has 2 nitrogen and oxygen atoms in total. The predicted molar refractivity (Wildman–Crippen MR) is 100 cm³/mol. The lowest BCUT2D eigenvalue weighted by atomic mass is 9.74. The van der Waals surface area contributed by atoms with Crippen molar-refractivity contribution >= 4 is 27.5 Å². The number of hydrogen-bond acceptors (Lipinski definition) is 2. The van der Waals surface area contributed by atoms with Crippen LogP contribution >= 0.6 is 27.5 Å². The summed E-state index contributed by atoms with van der Waals surface area (Å²) in [6.07, 6.45) is 9.13. The lowest BCUT2D eigenvalue weighted by Crippen LogP contribution is -2.41. The van der Waals surface area contributed by atoms with Gasteiger partial charge in [0.25, 0.3) is 0 Å². The first kappa shape index (κ1) is 15.7. The van der Waals surface area contributed by atoms with Gasteiger partial charge in [-0.3, -0.25) is 0 Å². The number of halogens is 2. The monoisotopic (exact) mass is 392 g/mol. The highest BCUT2D eigenvalue weighted by Gasteiger charge is 2.37. The predicted octanol–water partition coefficient (Wildman–Crippen LogP) is 4.50. The average molecular weight is 394 g/mol. The Bertz CT molecular complexity index is 661. The molecule has 0 bridgehead atoms. The molecule has 3 aliphatic rings. The number of hydrogen-bond donors (Lipinski definition) is 2. The second-order valence-electron chi connectivity index (χ2n) is 6.85. The van der Waals surface area contributed by atoms with Crippen LogP contribution in [0.15, 0.2) is 40.5 Å². The Morgan fingerprint density at radius 1 is 1.13 bits per heavy atom. The third-order valence-corrected chi connectivity index (χ3v) is 6.21. The van der Waals surface area contributed by atoms with Crippen LogP contribution in [0.2, 0.25) is 5.02 Å². The summed E-state index contributed by atoms with van der Waals surface area (Å²) in [7, 11) is 0. The molecule has 1 aromatic rings. The quantitative estimate of drug-likeness (QED) is 0.734. The Balaban J connectivity index is 1.78. The zero-order valence-corrected chi connectivity index (χ0v) is 15.5. The van der Waals surface area contributed by atoms with E-state index in [0.717, 1.165) is 41.4 Å². The number of benzene rings is 1. The van der Waals surface area contributed by atoms with Gasteiger partial charge >= 0.3 is 0 Å². The van der Waals surface area contributed by atoms with E-state index in [0.29, 0.717) is 12.0 Å². The zero-order valence-electron chi connectivity index (χ0n) is 13.1. The maximum absolute atomic E-state index is 6.28. The Kier molecular flexibility index (Phi) is 4.53. The van der Waals surface area contributed by atoms with Crippen molar-refractivity contribution in [1.29, 1.82) is 0 Å². The Morgan fingerprint density at radius 3 is 2.78 bits per heavy atom. The van der Waals surface area contributed by atoms with Crippen LogP contribution in [0, 0.1) is 5.92 Å². The summed E-state index contributed by atoms with van der Waals surface area (Å²) in [4.78, 5) is 0. The molecule has 2 aliphatic heterocycles. The molecule has 2 N–H and O–H groups in total. The first-order valence-corrected chi connectivity index (χ1v) is 9.71. The molecule has 1 saturated heterocycles. The topological polar surface area (TPSA) is 24.1 Å². The third-order valence-electron chi connectivity index (χ3n) is 5.52. The van der Waals surface area contributed by atoms with Crippen molar-refractivity contribution < 1.29 is 0 Å². The highest BCUT2D eigenvalue weighted by molar-refractivity contribution is 9.11. The fourth-order valence-electron chi connectivity index (χ4n) is 4.45. The summed E-state index contributed by atoms with van der Waals surface area (Å²) in [5.41, 5.74) is 4.47. The summed E-state index contributed by atoms with van der Waals surface area (Å²) in [5.74, 6) is 1.26. The molecule has 2 heterocycles. The van der Waals surface area contributed by atoms with E-state index in [-0.39, 0.29) is 0 Å². The van der Waals surface area contributed by atoms with Crippen molar-refractivity contribution in [2.24, 2.45) is 5.92 Å². The molecular weight excluding hydrogens is 372 g/mol. The number of rotatable bonds is 1. The molecule has 1 aromatic carbocycles. The summed E-state index contributed by atoms with van der Waals surface area (Å²) < 4.78 is 1.15. The van der Waals surface area contributed by atoms with E-state index >= 15 is 0 Å². The second-order valence-corrected chi connectivity index (χ2v) is 8.20. The molecule has 0 saturated carbocycles. The maximum Gasteiger partial charge on any atom is 0.0543 e. The Labute approximate surface area is 151 Å². The van der Waals surface area contributed by atoms with Gasteiger partial charge in [-0.1, -0.05) is 17.7 Å². The first-order chi connectivity index (χ1) is 11.2. The van der Waals surface area contributed by atoms with Gasteiger partial charge in [0.2, 0.25) is 0 Å². The van der Waals surface area contributed by atoms with Crippen LogP contribution < -0.4 is 10.6 Å². The van der Waals surface area contributed by atoms with Crippen molar-refractivity contribution in [3.05, 3.63) is 56.7 Å². The molecule has 2 atom stereocenters. The van der Waals surface area contributed by atoms with Gasteiger partial charge in [0.15, 0.2) is 0 Å². The van der Waals surface area contributed by atoms with E-state index in [4.69, 9.17) is 11.6 Å². The summed E-state index contributed by atoms with van der Waals surface area (Å²) >= 11 is 9.91. The number of nitrogens with one attached hydrogen (secondary N) is 2. The van der Waals surface area contributed by atoms with Gasteiger partial charge in [0.05, 0.1) is 6.04 Å². The van der Waals surface area contributed by atoms with Gasteiger partial charge in [-0.05, 0) is 95.5 Å². The molecule has 0 radical (unpaired) electrons. The van der Waals surface area contributed by atoms with Gasteiger partial charge in [0.1, 0.15) is 0 Å². The lowest BCUT2D eigenvalue weighted by Gasteiger charge is -2.38. The van der Waals surface area contributed by atoms with Gasteiger partial charge in [-0.2, -0.15) is 0 Å². The summed E-state index contributed by atoms with van der Waals surface area (Å²) in [6.45, 7) is 2.27. The van der Waals surface area contributed by atoms with Crippen molar-refractivity contribution in [2.75, 3.05) is 13.1 Å². The van der Waals surface area contributed by atoms with Gasteiger partial charge in [0, 0.05) is 21.6 Å². The van der Waals surface area contributed by atoms with E-state index in [9.17, 15) is 0 Å². The average Bonchev–Trinajstić information content (AvgIpc) is 2.72. The molecule has 1 fully saturated rings. The highest BCUT2D eigenvalue weighted by Crippen LogP contribution is 2.43. The van der Waals surface area contributed by atoms with Crippen LogP contribution in [0.25, 0.3) is 0 Å². The minimum Gasteiger partial charge on any atom is -0.383 e. The van der Waals surface area contributed by atoms with E-state index in [1.165, 1.54) is 29.5 Å². The second kappa shape index (κ2) is 6.62. The lowest BCUT2D eigenvalue weighted by molar-refractivity contribution is 0.288. The normalized spacial score (nSPS) is 27.9. The zero-order chi connectivity index (χ0) is 15.8. The van der Waals surface area contributed by atoms with Crippen LogP contribution in [0.1, 0.15) is 36.3 Å². The van der Waals surface area contributed by atoms with E-state index < -0.39 is 0 Å². The molecule has 122 valence electrons. The van der Waals surface area contributed by atoms with E-state index in [1.54, 1.807) is 0 Å². The SMILES string of the molecule is Clc1ccc2c(c1)CCC1=CC(Br)=CNC1C2C1CCNCC1. The van der Waals surface area contributed by atoms with Gasteiger partial charge in [-0.25, -0.2) is 0 Å². The standard InChI is InChI=1S/C19H22BrClN2/c20-15-9-14-2-1-13-10-16(21)3-4-17(13)18(19(14)23-11-15)12-5-7-22-8-6-12/h3-4,9-12,18-19,22-23H,1-2,5-8H2. The molecule has 4 rings (SSSR count). The van der Waals surface area contributed by atoms with Crippen molar-refractivity contribution in [3.63, 3.8) is 0 Å². The highest BCUT2D eigenvalue weighted by atomic mass is 79.9. The minimum absolute atomic E-state index is 0.418. The molecule has 0 amide bonds. The number of fused-ring (bicyclic) bond motifs is 2. The van der Waals surface area contributed by atoms with Crippen LogP contribution in [-0.4, -0.2) is 19.1 Å². The maximum atomic E-state index is 6.28. The van der Waals surface area contributed by atoms with E-state index in [1.807, 2.05) is 0 Å². The smallest absolute Gasteiger partial charge is 0.0543 e. The summed E-state index contributed by atoms with van der Waals surface area (Å²) in [6, 6.07) is 6.95. The molecule has 1 aliphatic carbocycles. The van der Waals surface area contributed by atoms with Gasteiger partial charge in [-0.15, -0.1) is 0 Å².